The molecule has 2 aromatic carbocycles. The fraction of sp³-hybridized carbons (Fsp3) is 0.174. The predicted molar refractivity (Wildman–Crippen MR) is 112 cm³/mol. The molecular formula is C23H17ClN4O. The van der Waals surface area contributed by atoms with Crippen molar-refractivity contribution < 1.29 is 4.79 Å². The average Bonchev–Trinajstić information content (AvgIpc) is 2.73. The summed E-state index contributed by atoms with van der Waals surface area (Å²) in [4.78, 5) is 19.7. The van der Waals surface area contributed by atoms with E-state index >= 15 is 0 Å². The van der Waals surface area contributed by atoms with Gasteiger partial charge in [-0.2, -0.15) is 5.26 Å². The number of rotatable bonds is 1. The summed E-state index contributed by atoms with van der Waals surface area (Å²) in [7, 11) is 0. The van der Waals surface area contributed by atoms with Crippen LogP contribution in [-0.2, 0) is 4.79 Å². The normalized spacial score (nSPS) is 20.6. The summed E-state index contributed by atoms with van der Waals surface area (Å²) in [5.41, 5.74) is 10.6. The first-order chi connectivity index (χ1) is 14.1. The molecule has 0 radical (unpaired) electrons. The fourth-order valence-corrected chi connectivity index (χ4v) is 4.74. The third kappa shape index (κ3) is 2.53. The minimum atomic E-state index is -0.537. The number of para-hydroxylation sites is 1. The number of fused-ring (bicyclic) bond motifs is 4. The lowest BCUT2D eigenvalue weighted by Crippen LogP contribution is -2.39. The Hall–Kier alpha value is -3.36. The zero-order chi connectivity index (χ0) is 20.1. The molecule has 2 aromatic rings. The van der Waals surface area contributed by atoms with Gasteiger partial charge in [-0.15, -0.1) is 0 Å². The second-order valence-electron chi connectivity index (χ2n) is 7.29. The summed E-state index contributed by atoms with van der Waals surface area (Å²) in [5, 5.41) is 10.7. The summed E-state index contributed by atoms with van der Waals surface area (Å²) in [6.45, 7) is 0. The number of hydrogen-bond acceptors (Lipinski definition) is 5. The van der Waals surface area contributed by atoms with E-state index in [1.54, 1.807) is 6.07 Å². The first-order valence-corrected chi connectivity index (χ1v) is 9.88. The van der Waals surface area contributed by atoms with Crippen LogP contribution in [0.2, 0.25) is 5.02 Å². The Balaban J connectivity index is 1.86. The Labute approximate surface area is 173 Å². The number of carbonyl (C=O) groups excluding carboxylic acids is 1. The molecule has 0 aromatic heterocycles. The monoisotopic (exact) mass is 400 g/mol. The van der Waals surface area contributed by atoms with Crippen LogP contribution in [0.5, 0.6) is 0 Å². The van der Waals surface area contributed by atoms with Gasteiger partial charge < -0.3 is 5.73 Å². The molecule has 29 heavy (non-hydrogen) atoms. The minimum Gasteiger partial charge on any atom is -0.383 e. The van der Waals surface area contributed by atoms with Crippen LogP contribution < -0.4 is 10.6 Å². The van der Waals surface area contributed by atoms with Crippen molar-refractivity contribution in [3.63, 3.8) is 0 Å². The Morgan fingerprint density at radius 2 is 1.90 bits per heavy atom. The number of nitrogens with two attached hydrogens (primary N) is 1. The number of benzene rings is 2. The van der Waals surface area contributed by atoms with Crippen LogP contribution in [0.25, 0.3) is 0 Å². The van der Waals surface area contributed by atoms with Gasteiger partial charge in [-0.3, -0.25) is 9.69 Å². The van der Waals surface area contributed by atoms with E-state index in [1.807, 2.05) is 47.4 Å². The van der Waals surface area contributed by atoms with E-state index in [-0.39, 0.29) is 5.78 Å². The molecular weight excluding hydrogens is 384 g/mol. The van der Waals surface area contributed by atoms with Crippen molar-refractivity contribution in [3.8, 4) is 6.07 Å². The highest BCUT2D eigenvalue weighted by molar-refractivity contribution is 6.31. The van der Waals surface area contributed by atoms with Crippen LogP contribution in [0.1, 0.15) is 36.3 Å². The van der Waals surface area contributed by atoms with E-state index in [0.29, 0.717) is 34.2 Å². The van der Waals surface area contributed by atoms with Crippen LogP contribution in [0, 0.1) is 11.3 Å². The highest BCUT2D eigenvalue weighted by Gasteiger charge is 2.43. The summed E-state index contributed by atoms with van der Waals surface area (Å²) < 4.78 is 0. The van der Waals surface area contributed by atoms with Crippen LogP contribution in [0.4, 0.5) is 5.69 Å². The van der Waals surface area contributed by atoms with Crippen molar-refractivity contribution >= 4 is 28.9 Å². The highest BCUT2D eigenvalue weighted by atomic mass is 35.5. The van der Waals surface area contributed by atoms with Gasteiger partial charge in [0.15, 0.2) is 11.6 Å². The average molecular weight is 401 g/mol. The number of halogens is 1. The fourth-order valence-electron chi connectivity index (χ4n) is 4.49. The second-order valence-corrected chi connectivity index (χ2v) is 7.70. The minimum absolute atomic E-state index is 0.0583. The third-order valence-corrected chi connectivity index (χ3v) is 6.06. The molecule has 0 saturated carbocycles. The van der Waals surface area contributed by atoms with E-state index in [0.717, 1.165) is 35.4 Å². The van der Waals surface area contributed by atoms with Gasteiger partial charge in [0, 0.05) is 28.3 Å². The maximum atomic E-state index is 13.1. The lowest BCUT2D eigenvalue weighted by atomic mass is 9.75. The van der Waals surface area contributed by atoms with E-state index in [2.05, 4.69) is 11.1 Å². The number of nitrogens with zero attached hydrogens (tertiary/aromatic N) is 3. The Morgan fingerprint density at radius 3 is 2.69 bits per heavy atom. The van der Waals surface area contributed by atoms with Gasteiger partial charge in [-0.25, -0.2) is 4.99 Å². The van der Waals surface area contributed by atoms with E-state index in [9.17, 15) is 10.1 Å². The molecule has 5 rings (SSSR count). The molecule has 1 unspecified atom stereocenters. The van der Waals surface area contributed by atoms with Crippen LogP contribution in [0.3, 0.4) is 0 Å². The first-order valence-electron chi connectivity index (χ1n) is 9.50. The lowest BCUT2D eigenvalue weighted by Gasteiger charge is -2.42. The molecule has 5 nitrogen and oxygen atoms in total. The van der Waals surface area contributed by atoms with Gasteiger partial charge in [-0.1, -0.05) is 41.9 Å². The predicted octanol–water partition coefficient (Wildman–Crippen LogP) is 4.40. The number of hydrogen-bond donors (Lipinski definition) is 1. The summed E-state index contributed by atoms with van der Waals surface area (Å²) in [5.74, 6) is 0.373. The number of nitriles is 1. The lowest BCUT2D eigenvalue weighted by molar-refractivity contribution is -0.116. The number of anilines is 1. The van der Waals surface area contributed by atoms with Gasteiger partial charge in [0.1, 0.15) is 5.84 Å². The molecule has 0 spiro atoms. The standard InChI is InChI=1S/C23H17ClN4O/c24-16-8-3-1-6-13(16)20-15(12-25)23-27-22(26)14-7-2-4-9-17(14)28(23)18-10-5-11-19(29)21(18)20/h1-4,6-9,20H,5,10-11H2,(H2,26,27). The van der Waals surface area contributed by atoms with Crippen LogP contribution in [0.15, 0.2) is 76.2 Å². The van der Waals surface area contributed by atoms with Gasteiger partial charge in [0.2, 0.25) is 0 Å². The van der Waals surface area contributed by atoms with E-state index < -0.39 is 5.92 Å². The van der Waals surface area contributed by atoms with Crippen LogP contribution >= 0.6 is 11.6 Å². The Kier molecular flexibility index (Phi) is 4.04. The molecule has 142 valence electrons. The number of allylic oxidation sites excluding steroid dienone is 3. The SMILES string of the molecule is N#CC1=C2N=C(N)c3ccccc3N2C2=C(C(=O)CCC2)C1c1ccccc1Cl. The zero-order valence-corrected chi connectivity index (χ0v) is 16.3. The largest absolute Gasteiger partial charge is 0.383 e. The molecule has 3 aliphatic rings. The number of carbonyl (C=O) groups is 1. The Morgan fingerprint density at radius 1 is 1.14 bits per heavy atom. The third-order valence-electron chi connectivity index (χ3n) is 5.71. The van der Waals surface area contributed by atoms with Crippen LogP contribution in [-0.4, -0.2) is 11.6 Å². The molecule has 6 heteroatoms. The maximum absolute atomic E-state index is 13.1. The highest BCUT2D eigenvalue weighted by Crippen LogP contribution is 2.50. The summed E-state index contributed by atoms with van der Waals surface area (Å²) >= 11 is 6.50. The topological polar surface area (TPSA) is 82.5 Å². The van der Waals surface area contributed by atoms with Crippen molar-refractivity contribution in [2.24, 2.45) is 10.7 Å². The zero-order valence-electron chi connectivity index (χ0n) is 15.5. The Bertz CT molecular complexity index is 1200. The first kappa shape index (κ1) is 17.7. The number of aliphatic imine (C=N–C) groups is 1. The molecule has 2 aliphatic heterocycles. The quantitative estimate of drug-likeness (QED) is 0.768. The van der Waals surface area contributed by atoms with Gasteiger partial charge in [0.05, 0.1) is 23.2 Å². The summed E-state index contributed by atoms with van der Waals surface area (Å²) in [6, 6.07) is 17.4. The van der Waals surface area contributed by atoms with Crippen molar-refractivity contribution in [1.82, 2.24) is 0 Å². The van der Waals surface area contributed by atoms with Gasteiger partial charge >= 0.3 is 0 Å². The maximum Gasteiger partial charge on any atom is 0.161 e. The van der Waals surface area contributed by atoms with Gasteiger partial charge in [-0.05, 0) is 36.6 Å². The van der Waals surface area contributed by atoms with Crippen molar-refractivity contribution in [2.75, 3.05) is 4.90 Å². The molecule has 2 N–H and O–H groups in total. The summed E-state index contributed by atoms with van der Waals surface area (Å²) in [6.07, 6.45) is 1.96. The van der Waals surface area contributed by atoms with Gasteiger partial charge in [0.25, 0.3) is 0 Å². The number of ketones is 1. The molecule has 0 fully saturated rings. The van der Waals surface area contributed by atoms with E-state index in [4.69, 9.17) is 17.3 Å². The van der Waals surface area contributed by atoms with E-state index in [1.165, 1.54) is 0 Å². The molecule has 0 saturated heterocycles. The van der Waals surface area contributed by atoms with Crippen molar-refractivity contribution in [2.45, 2.75) is 25.2 Å². The smallest absolute Gasteiger partial charge is 0.161 e. The molecule has 0 amide bonds. The van der Waals surface area contributed by atoms with Crippen molar-refractivity contribution in [1.29, 1.82) is 5.26 Å². The molecule has 1 atom stereocenters. The number of Topliss-reactive ketones (excluding diaryl/α,β-unsaturated/α-hetero) is 1. The molecule has 0 bridgehead atoms. The number of amidine groups is 1. The molecule has 1 aliphatic carbocycles. The molecule has 2 heterocycles. The van der Waals surface area contributed by atoms with Crippen molar-refractivity contribution in [3.05, 3.63) is 87.3 Å². The second kappa shape index (κ2) is 6.61.